The number of hydrogen-bond donors (Lipinski definition) is 1. The zero-order valence-electron chi connectivity index (χ0n) is 15.2. The third-order valence-corrected chi connectivity index (χ3v) is 6.41. The summed E-state index contributed by atoms with van der Waals surface area (Å²) in [7, 11) is 0. The molecule has 8 nitrogen and oxygen atoms in total. The summed E-state index contributed by atoms with van der Waals surface area (Å²) in [5.74, 6) is -1.88. The number of carbonyl (C=O) groups is 2. The van der Waals surface area contributed by atoms with E-state index in [0.29, 0.717) is 13.0 Å². The highest BCUT2D eigenvalue weighted by atomic mass is 16.7. The van der Waals surface area contributed by atoms with Crippen molar-refractivity contribution >= 4 is 11.9 Å². The molecule has 0 amide bonds. The van der Waals surface area contributed by atoms with E-state index in [1.165, 1.54) is 0 Å². The highest BCUT2D eigenvalue weighted by Crippen LogP contribution is 2.58. The van der Waals surface area contributed by atoms with Gasteiger partial charge in [-0.05, 0) is 13.8 Å². The molecule has 1 N–H and O–H groups in total. The first-order valence-electron chi connectivity index (χ1n) is 9.09. The maximum atomic E-state index is 12.2. The van der Waals surface area contributed by atoms with Crippen LogP contribution in [0.15, 0.2) is 24.3 Å². The van der Waals surface area contributed by atoms with Crippen molar-refractivity contribution in [1.29, 1.82) is 0 Å². The van der Waals surface area contributed by atoms with Crippen LogP contribution in [0, 0.1) is 5.92 Å². The molecule has 0 aromatic carbocycles. The maximum Gasteiger partial charge on any atom is 0.334 e. The average molecular weight is 378 g/mol. The summed E-state index contributed by atoms with van der Waals surface area (Å²) in [4.78, 5) is 24.5. The van der Waals surface area contributed by atoms with Crippen LogP contribution in [0.3, 0.4) is 0 Å². The Kier molecular flexibility index (Phi) is 3.34. The van der Waals surface area contributed by atoms with Crippen molar-refractivity contribution in [2.75, 3.05) is 6.61 Å². The van der Waals surface area contributed by atoms with Crippen LogP contribution in [-0.4, -0.2) is 71.5 Å². The Bertz CT molecular complexity index is 770. The Morgan fingerprint density at radius 3 is 2.67 bits per heavy atom. The number of hydrogen-bond acceptors (Lipinski definition) is 8. The molecule has 1 spiro atoms. The summed E-state index contributed by atoms with van der Waals surface area (Å²) in [5.41, 5.74) is -1.07. The number of fused-ring (bicyclic) bond motifs is 5. The van der Waals surface area contributed by atoms with Crippen LogP contribution in [0.2, 0.25) is 0 Å². The Morgan fingerprint density at radius 1 is 1.33 bits per heavy atom. The van der Waals surface area contributed by atoms with E-state index in [9.17, 15) is 14.7 Å². The van der Waals surface area contributed by atoms with Crippen molar-refractivity contribution in [3.63, 3.8) is 0 Å². The first-order valence-corrected chi connectivity index (χ1v) is 9.09. The molecule has 5 aliphatic rings. The minimum absolute atomic E-state index is 0.170. The molecule has 5 rings (SSSR count). The number of carbonyl (C=O) groups excluding carboxylic acids is 2. The summed E-state index contributed by atoms with van der Waals surface area (Å²) >= 11 is 0. The lowest BCUT2D eigenvalue weighted by molar-refractivity contribution is -0.155. The van der Waals surface area contributed by atoms with Gasteiger partial charge in [0, 0.05) is 17.6 Å². The van der Waals surface area contributed by atoms with Gasteiger partial charge in [0.2, 0.25) is 0 Å². The second-order valence-electron chi connectivity index (χ2n) is 8.41. The van der Waals surface area contributed by atoms with Gasteiger partial charge in [-0.15, -0.1) is 0 Å². The predicted molar refractivity (Wildman–Crippen MR) is 88.4 cm³/mol. The number of rotatable bonds is 2. The molecular formula is C19H22O8. The van der Waals surface area contributed by atoms with Crippen LogP contribution in [0.4, 0.5) is 0 Å². The van der Waals surface area contributed by atoms with Gasteiger partial charge in [0.15, 0.2) is 0 Å². The average Bonchev–Trinajstić information content (AvgIpc) is 3.46. The molecule has 5 fully saturated rings. The maximum absolute atomic E-state index is 12.2. The van der Waals surface area contributed by atoms with Gasteiger partial charge in [-0.1, -0.05) is 13.2 Å². The van der Waals surface area contributed by atoms with Gasteiger partial charge >= 0.3 is 11.9 Å². The minimum Gasteiger partial charge on any atom is -0.458 e. The summed E-state index contributed by atoms with van der Waals surface area (Å²) in [6, 6.07) is 0. The van der Waals surface area contributed by atoms with E-state index in [0.717, 1.165) is 0 Å². The smallest absolute Gasteiger partial charge is 0.334 e. The third-order valence-electron chi connectivity index (χ3n) is 6.41. The Labute approximate surface area is 156 Å². The molecule has 4 aliphatic heterocycles. The molecule has 27 heavy (non-hydrogen) atoms. The van der Waals surface area contributed by atoms with E-state index in [2.05, 4.69) is 13.2 Å². The van der Waals surface area contributed by atoms with Crippen molar-refractivity contribution in [2.45, 2.75) is 68.1 Å². The quantitative estimate of drug-likeness (QED) is 0.407. The molecule has 0 radical (unpaired) electrons. The first-order chi connectivity index (χ1) is 12.7. The Balaban J connectivity index is 1.54. The fourth-order valence-corrected chi connectivity index (χ4v) is 4.63. The van der Waals surface area contributed by atoms with Gasteiger partial charge in [0.1, 0.15) is 42.2 Å². The van der Waals surface area contributed by atoms with Gasteiger partial charge in [-0.3, -0.25) is 0 Å². The van der Waals surface area contributed by atoms with E-state index in [4.69, 9.17) is 23.7 Å². The zero-order valence-corrected chi connectivity index (χ0v) is 15.2. The van der Waals surface area contributed by atoms with Crippen LogP contribution in [-0.2, 0) is 33.3 Å². The van der Waals surface area contributed by atoms with Gasteiger partial charge in [-0.25, -0.2) is 9.59 Å². The van der Waals surface area contributed by atoms with E-state index in [1.807, 2.05) is 6.92 Å². The number of ether oxygens (including phenoxy) is 5. The lowest BCUT2D eigenvalue weighted by atomic mass is 9.77. The van der Waals surface area contributed by atoms with Crippen molar-refractivity contribution in [2.24, 2.45) is 5.92 Å². The monoisotopic (exact) mass is 378 g/mol. The lowest BCUT2D eigenvalue weighted by Crippen LogP contribution is -2.51. The SMILES string of the molecule is C=C(C)C(=O)OC1CC2(C)OC2C2OC2C2(CO2)C(O)C2OC(=O)C(=C)C12. The van der Waals surface area contributed by atoms with Gasteiger partial charge in [0.05, 0.1) is 18.1 Å². The fraction of sp³-hybridized carbons (Fsp3) is 0.684. The highest BCUT2D eigenvalue weighted by molar-refractivity contribution is 5.91. The van der Waals surface area contributed by atoms with Crippen molar-refractivity contribution < 1.29 is 38.4 Å². The normalized spacial score (nSPS) is 52.2. The van der Waals surface area contributed by atoms with Crippen molar-refractivity contribution in [3.05, 3.63) is 24.3 Å². The molecular weight excluding hydrogens is 356 g/mol. The Morgan fingerprint density at radius 2 is 2.04 bits per heavy atom. The standard InChI is InChI=1S/C19H22O8/c1-7(2)16(21)24-9-5-18(4)14(27-18)12-15(25-12)19(6-23-19)13(20)11-10(9)8(3)17(22)26-11/h9-15,20H,1,3,5-6H2,2,4H3. The van der Waals surface area contributed by atoms with Crippen LogP contribution in [0.25, 0.3) is 0 Å². The minimum atomic E-state index is -1.12. The molecule has 0 aromatic heterocycles. The van der Waals surface area contributed by atoms with E-state index >= 15 is 0 Å². The molecule has 4 saturated heterocycles. The second kappa shape index (κ2) is 5.20. The molecule has 1 aliphatic carbocycles. The largest absolute Gasteiger partial charge is 0.458 e. The zero-order chi connectivity index (χ0) is 19.3. The van der Waals surface area contributed by atoms with Gasteiger partial charge in [-0.2, -0.15) is 0 Å². The summed E-state index contributed by atoms with van der Waals surface area (Å²) in [6.07, 6.45) is -3.14. The van der Waals surface area contributed by atoms with Crippen LogP contribution in [0.1, 0.15) is 20.3 Å². The number of epoxide rings is 3. The number of aliphatic hydroxyl groups is 1. The van der Waals surface area contributed by atoms with Crippen molar-refractivity contribution in [3.8, 4) is 0 Å². The van der Waals surface area contributed by atoms with Crippen molar-refractivity contribution in [1.82, 2.24) is 0 Å². The van der Waals surface area contributed by atoms with Gasteiger partial charge < -0.3 is 28.8 Å². The van der Waals surface area contributed by atoms with Crippen LogP contribution in [0.5, 0.6) is 0 Å². The first kappa shape index (κ1) is 17.4. The molecule has 4 heterocycles. The number of esters is 2. The van der Waals surface area contributed by atoms with Crippen LogP contribution >= 0.6 is 0 Å². The van der Waals surface area contributed by atoms with E-state index in [-0.39, 0.29) is 29.5 Å². The van der Waals surface area contributed by atoms with E-state index < -0.39 is 47.4 Å². The number of aliphatic hydroxyl groups excluding tert-OH is 1. The summed E-state index contributed by atoms with van der Waals surface area (Å²) in [6.45, 7) is 11.2. The Hall–Kier alpha value is -1.74. The van der Waals surface area contributed by atoms with Gasteiger partial charge in [0.25, 0.3) is 0 Å². The molecule has 0 bridgehead atoms. The second-order valence-corrected chi connectivity index (χ2v) is 8.41. The predicted octanol–water partition coefficient (Wildman–Crippen LogP) is 0.0306. The summed E-state index contributed by atoms with van der Waals surface area (Å²) in [5, 5.41) is 11.0. The summed E-state index contributed by atoms with van der Waals surface area (Å²) < 4.78 is 28.4. The van der Waals surface area contributed by atoms with E-state index in [1.54, 1.807) is 6.92 Å². The molecule has 9 unspecified atom stereocenters. The molecule has 0 aromatic rings. The molecule has 8 heteroatoms. The molecule has 9 atom stereocenters. The van der Waals surface area contributed by atoms with Crippen LogP contribution < -0.4 is 0 Å². The molecule has 1 saturated carbocycles. The lowest BCUT2D eigenvalue weighted by Gasteiger charge is -2.32. The topological polar surface area (TPSA) is 110 Å². The molecule has 146 valence electrons. The highest BCUT2D eigenvalue weighted by Gasteiger charge is 2.77. The third kappa shape index (κ3) is 2.37. The fourth-order valence-electron chi connectivity index (χ4n) is 4.63.